The van der Waals surface area contributed by atoms with Crippen molar-refractivity contribution in [3.8, 4) is 0 Å². The smallest absolute Gasteiger partial charge is 0.0777 e. The first-order valence-electron chi connectivity index (χ1n) is 7.64. The van der Waals surface area contributed by atoms with E-state index < -0.39 is 0 Å². The molecule has 2 atom stereocenters. The molecule has 0 radical (unpaired) electrons. The lowest BCUT2D eigenvalue weighted by atomic mass is 9.92. The van der Waals surface area contributed by atoms with Crippen molar-refractivity contribution >= 4 is 0 Å². The molecule has 0 aromatic rings. The SMILES string of the molecule is CCCCCCC(CN)N1CCCC(C)(OC)C1. The van der Waals surface area contributed by atoms with Gasteiger partial charge in [-0.1, -0.05) is 32.6 Å². The van der Waals surface area contributed by atoms with E-state index in [9.17, 15) is 0 Å². The molecule has 0 aromatic carbocycles. The Kier molecular flexibility index (Phi) is 7.20. The van der Waals surface area contributed by atoms with Gasteiger partial charge in [0.05, 0.1) is 5.60 Å². The zero-order valence-electron chi connectivity index (χ0n) is 12.6. The molecule has 1 heterocycles. The molecule has 1 fully saturated rings. The van der Waals surface area contributed by atoms with Crippen LogP contribution in [0.2, 0.25) is 0 Å². The van der Waals surface area contributed by atoms with Crippen molar-refractivity contribution in [3.63, 3.8) is 0 Å². The van der Waals surface area contributed by atoms with Gasteiger partial charge in [-0.2, -0.15) is 0 Å². The van der Waals surface area contributed by atoms with E-state index in [1.54, 1.807) is 0 Å². The van der Waals surface area contributed by atoms with E-state index in [0.717, 1.165) is 13.1 Å². The van der Waals surface area contributed by atoms with Crippen LogP contribution in [0, 0.1) is 0 Å². The van der Waals surface area contributed by atoms with E-state index >= 15 is 0 Å². The predicted octanol–water partition coefficient (Wildman–Crippen LogP) is 2.79. The maximum Gasteiger partial charge on any atom is 0.0777 e. The van der Waals surface area contributed by atoms with Crippen LogP contribution >= 0.6 is 0 Å². The number of ether oxygens (including phenoxy) is 1. The Hall–Kier alpha value is -0.120. The summed E-state index contributed by atoms with van der Waals surface area (Å²) in [5, 5.41) is 0. The third-order valence-corrected chi connectivity index (χ3v) is 4.36. The van der Waals surface area contributed by atoms with Crippen LogP contribution in [0.25, 0.3) is 0 Å². The minimum absolute atomic E-state index is 0.0368. The van der Waals surface area contributed by atoms with E-state index in [-0.39, 0.29) is 5.60 Å². The molecule has 1 rings (SSSR count). The highest BCUT2D eigenvalue weighted by molar-refractivity contribution is 4.88. The molecule has 3 heteroatoms. The van der Waals surface area contributed by atoms with E-state index in [0.29, 0.717) is 6.04 Å². The highest BCUT2D eigenvalue weighted by atomic mass is 16.5. The fourth-order valence-electron chi connectivity index (χ4n) is 2.98. The molecule has 18 heavy (non-hydrogen) atoms. The molecule has 0 saturated carbocycles. The Bertz CT molecular complexity index is 223. The van der Waals surface area contributed by atoms with Crippen LogP contribution in [0.1, 0.15) is 58.8 Å². The molecule has 0 amide bonds. The van der Waals surface area contributed by atoms with Gasteiger partial charge in [0.25, 0.3) is 0 Å². The van der Waals surface area contributed by atoms with Gasteiger partial charge in [-0.15, -0.1) is 0 Å². The molecule has 2 unspecified atom stereocenters. The molecule has 1 saturated heterocycles. The number of piperidine rings is 1. The van der Waals surface area contributed by atoms with Crippen LogP contribution in [0.3, 0.4) is 0 Å². The van der Waals surface area contributed by atoms with Gasteiger partial charge in [0.15, 0.2) is 0 Å². The summed E-state index contributed by atoms with van der Waals surface area (Å²) in [5.74, 6) is 0. The maximum atomic E-state index is 5.97. The summed E-state index contributed by atoms with van der Waals surface area (Å²) < 4.78 is 5.66. The maximum absolute atomic E-state index is 5.97. The summed E-state index contributed by atoms with van der Waals surface area (Å²) in [7, 11) is 1.84. The molecular weight excluding hydrogens is 224 g/mol. The van der Waals surface area contributed by atoms with Crippen LogP contribution in [0.15, 0.2) is 0 Å². The van der Waals surface area contributed by atoms with E-state index in [1.165, 1.54) is 51.5 Å². The lowest BCUT2D eigenvalue weighted by molar-refractivity contribution is -0.0612. The highest BCUT2D eigenvalue weighted by Gasteiger charge is 2.33. The molecule has 1 aliphatic heterocycles. The number of unbranched alkanes of at least 4 members (excludes halogenated alkanes) is 3. The van der Waals surface area contributed by atoms with Crippen LogP contribution < -0.4 is 5.73 Å². The number of nitrogens with zero attached hydrogens (tertiary/aromatic N) is 1. The van der Waals surface area contributed by atoms with Gasteiger partial charge in [-0.3, -0.25) is 4.90 Å². The fraction of sp³-hybridized carbons (Fsp3) is 1.00. The zero-order chi connectivity index (χ0) is 13.4. The summed E-state index contributed by atoms with van der Waals surface area (Å²) in [6.07, 6.45) is 8.98. The first-order valence-corrected chi connectivity index (χ1v) is 7.64. The second kappa shape index (κ2) is 8.13. The second-order valence-electron chi connectivity index (χ2n) is 5.97. The number of rotatable bonds is 8. The molecule has 0 spiro atoms. The molecule has 0 bridgehead atoms. The fourth-order valence-corrected chi connectivity index (χ4v) is 2.98. The molecule has 108 valence electrons. The Morgan fingerprint density at radius 3 is 2.72 bits per heavy atom. The summed E-state index contributed by atoms with van der Waals surface area (Å²) in [6.45, 7) is 7.50. The summed E-state index contributed by atoms with van der Waals surface area (Å²) in [5.41, 5.74) is 6.00. The van der Waals surface area contributed by atoms with Crippen molar-refractivity contribution in [1.29, 1.82) is 0 Å². The lowest BCUT2D eigenvalue weighted by Gasteiger charge is -2.43. The van der Waals surface area contributed by atoms with Gasteiger partial charge >= 0.3 is 0 Å². The van der Waals surface area contributed by atoms with Gasteiger partial charge in [-0.25, -0.2) is 0 Å². The highest BCUT2D eigenvalue weighted by Crippen LogP contribution is 2.26. The van der Waals surface area contributed by atoms with Gasteiger partial charge in [0.2, 0.25) is 0 Å². The molecule has 0 aliphatic carbocycles. The Morgan fingerprint density at radius 1 is 1.33 bits per heavy atom. The van der Waals surface area contributed by atoms with Crippen molar-refractivity contribution in [2.24, 2.45) is 5.73 Å². The third-order valence-electron chi connectivity index (χ3n) is 4.36. The van der Waals surface area contributed by atoms with E-state index in [2.05, 4.69) is 18.7 Å². The van der Waals surface area contributed by atoms with Crippen molar-refractivity contribution in [2.75, 3.05) is 26.7 Å². The first-order chi connectivity index (χ1) is 8.65. The van der Waals surface area contributed by atoms with Gasteiger partial charge in [-0.05, 0) is 32.7 Å². The lowest BCUT2D eigenvalue weighted by Crippen LogP contribution is -2.53. The van der Waals surface area contributed by atoms with Crippen molar-refractivity contribution in [2.45, 2.75) is 70.4 Å². The van der Waals surface area contributed by atoms with Gasteiger partial charge < -0.3 is 10.5 Å². The quantitative estimate of drug-likeness (QED) is 0.679. The van der Waals surface area contributed by atoms with Gasteiger partial charge in [0, 0.05) is 26.2 Å². The minimum atomic E-state index is 0.0368. The Balaban J connectivity index is 2.39. The second-order valence-corrected chi connectivity index (χ2v) is 5.97. The summed E-state index contributed by atoms with van der Waals surface area (Å²) >= 11 is 0. The predicted molar refractivity (Wildman–Crippen MR) is 77.8 cm³/mol. The minimum Gasteiger partial charge on any atom is -0.377 e. The Labute approximate surface area is 113 Å². The van der Waals surface area contributed by atoms with Crippen LogP contribution in [0.5, 0.6) is 0 Å². The van der Waals surface area contributed by atoms with Gasteiger partial charge in [0.1, 0.15) is 0 Å². The first kappa shape index (κ1) is 15.9. The molecule has 1 aliphatic rings. The topological polar surface area (TPSA) is 38.5 Å². The third kappa shape index (κ3) is 4.87. The zero-order valence-corrected chi connectivity index (χ0v) is 12.6. The summed E-state index contributed by atoms with van der Waals surface area (Å²) in [4.78, 5) is 2.55. The number of likely N-dealkylation sites (tertiary alicyclic amines) is 1. The van der Waals surface area contributed by atoms with Crippen molar-refractivity contribution in [3.05, 3.63) is 0 Å². The van der Waals surface area contributed by atoms with Crippen LogP contribution in [-0.4, -0.2) is 43.3 Å². The van der Waals surface area contributed by atoms with Crippen LogP contribution in [0.4, 0.5) is 0 Å². The van der Waals surface area contributed by atoms with E-state index in [4.69, 9.17) is 10.5 Å². The Morgan fingerprint density at radius 2 is 2.11 bits per heavy atom. The molecule has 3 nitrogen and oxygen atoms in total. The molecular formula is C15H32N2O. The van der Waals surface area contributed by atoms with Crippen molar-refractivity contribution in [1.82, 2.24) is 4.90 Å². The average Bonchev–Trinajstić information content (AvgIpc) is 2.39. The molecule has 2 N–H and O–H groups in total. The molecule has 0 aromatic heterocycles. The number of methoxy groups -OCH3 is 1. The van der Waals surface area contributed by atoms with E-state index in [1.807, 2.05) is 7.11 Å². The monoisotopic (exact) mass is 256 g/mol. The number of hydrogen-bond donors (Lipinski definition) is 1. The normalized spacial score (nSPS) is 27.3. The largest absolute Gasteiger partial charge is 0.377 e. The van der Waals surface area contributed by atoms with Crippen molar-refractivity contribution < 1.29 is 4.74 Å². The average molecular weight is 256 g/mol. The summed E-state index contributed by atoms with van der Waals surface area (Å²) in [6, 6.07) is 0.552. The van der Waals surface area contributed by atoms with Crippen LogP contribution in [-0.2, 0) is 4.74 Å². The standard InChI is InChI=1S/C15H32N2O/c1-4-5-6-7-9-14(12-16)17-11-8-10-15(2,13-17)18-3/h14H,4-13,16H2,1-3H3. The number of hydrogen-bond acceptors (Lipinski definition) is 3. The number of nitrogens with two attached hydrogens (primary N) is 1.